The lowest BCUT2D eigenvalue weighted by Gasteiger charge is -2.16. The van der Waals surface area contributed by atoms with Crippen LogP contribution in [-0.2, 0) is 14.4 Å². The third-order valence-electron chi connectivity index (χ3n) is 4.49. The number of carboxylic acid groups (broad SMARTS) is 1. The molecule has 0 fully saturated rings. The average Bonchev–Trinajstić information content (AvgIpc) is 2.69. The SMILES string of the molecule is CCCCCCCCC=CC(=O)C(ONCCCCC(=O)O)c1ccccc1. The van der Waals surface area contributed by atoms with Gasteiger partial charge in [0.2, 0.25) is 0 Å². The third kappa shape index (κ3) is 11.7. The second-order valence-corrected chi connectivity index (χ2v) is 7.01. The second-order valence-electron chi connectivity index (χ2n) is 7.01. The van der Waals surface area contributed by atoms with Crippen LogP contribution in [0.4, 0.5) is 0 Å². The first-order chi connectivity index (χ1) is 13.6. The van der Waals surface area contributed by atoms with Crippen LogP contribution in [0.25, 0.3) is 0 Å². The molecule has 1 rings (SSSR count). The fourth-order valence-electron chi connectivity index (χ4n) is 2.86. The molecule has 0 amide bonds. The number of carboxylic acids is 1. The summed E-state index contributed by atoms with van der Waals surface area (Å²) in [6.07, 6.45) is 12.6. The lowest BCUT2D eigenvalue weighted by atomic mass is 10.0. The maximum atomic E-state index is 12.6. The lowest BCUT2D eigenvalue weighted by molar-refractivity contribution is -0.137. The number of unbranched alkanes of at least 4 members (excludes halogenated alkanes) is 7. The molecule has 2 N–H and O–H groups in total. The van der Waals surface area contributed by atoms with Crippen molar-refractivity contribution in [2.45, 2.75) is 77.2 Å². The Morgan fingerprint density at radius 1 is 1.04 bits per heavy atom. The molecule has 1 atom stereocenters. The van der Waals surface area contributed by atoms with Crippen molar-refractivity contribution in [2.75, 3.05) is 6.54 Å². The minimum absolute atomic E-state index is 0.0878. The highest BCUT2D eigenvalue weighted by Gasteiger charge is 2.19. The van der Waals surface area contributed by atoms with Gasteiger partial charge in [-0.2, -0.15) is 0 Å². The van der Waals surface area contributed by atoms with E-state index in [9.17, 15) is 9.59 Å². The summed E-state index contributed by atoms with van der Waals surface area (Å²) in [7, 11) is 0. The topological polar surface area (TPSA) is 75.6 Å². The number of carbonyl (C=O) groups excluding carboxylic acids is 1. The highest BCUT2D eigenvalue weighted by molar-refractivity contribution is 5.94. The largest absolute Gasteiger partial charge is 0.481 e. The lowest BCUT2D eigenvalue weighted by Crippen LogP contribution is -2.24. The molecule has 5 heteroatoms. The van der Waals surface area contributed by atoms with Crippen LogP contribution >= 0.6 is 0 Å². The van der Waals surface area contributed by atoms with Crippen LogP contribution in [0.5, 0.6) is 0 Å². The van der Waals surface area contributed by atoms with Crippen molar-refractivity contribution in [1.29, 1.82) is 0 Å². The number of nitrogens with one attached hydrogen (secondary N) is 1. The van der Waals surface area contributed by atoms with E-state index in [1.165, 1.54) is 32.1 Å². The number of ketones is 1. The highest BCUT2D eigenvalue weighted by Crippen LogP contribution is 2.18. The number of allylic oxidation sites excluding steroid dienone is 1. The highest BCUT2D eigenvalue weighted by atomic mass is 16.7. The van der Waals surface area contributed by atoms with E-state index in [4.69, 9.17) is 9.94 Å². The van der Waals surface area contributed by atoms with E-state index in [2.05, 4.69) is 12.4 Å². The molecule has 0 radical (unpaired) electrons. The van der Waals surface area contributed by atoms with Crippen molar-refractivity contribution < 1.29 is 19.5 Å². The van der Waals surface area contributed by atoms with Gasteiger partial charge in [0.1, 0.15) is 0 Å². The predicted octanol–water partition coefficient (Wildman–Crippen LogP) is 5.38. The Labute approximate surface area is 169 Å². The van der Waals surface area contributed by atoms with Crippen molar-refractivity contribution >= 4 is 11.8 Å². The molecule has 0 aliphatic heterocycles. The Balaban J connectivity index is 2.41. The van der Waals surface area contributed by atoms with Crippen molar-refractivity contribution in [1.82, 2.24) is 5.48 Å². The molecule has 28 heavy (non-hydrogen) atoms. The van der Waals surface area contributed by atoms with Crippen LogP contribution in [-0.4, -0.2) is 23.4 Å². The average molecular weight is 390 g/mol. The molecule has 0 saturated carbocycles. The van der Waals surface area contributed by atoms with Gasteiger partial charge in [-0.15, -0.1) is 0 Å². The summed E-state index contributed by atoms with van der Waals surface area (Å²) in [6, 6.07) is 9.41. The van der Waals surface area contributed by atoms with E-state index in [1.54, 1.807) is 6.08 Å². The van der Waals surface area contributed by atoms with Gasteiger partial charge in [0.15, 0.2) is 11.9 Å². The molecule has 0 bridgehead atoms. The van der Waals surface area contributed by atoms with Gasteiger partial charge >= 0.3 is 5.97 Å². The summed E-state index contributed by atoms with van der Waals surface area (Å²) in [6.45, 7) is 2.72. The number of rotatable bonds is 17. The Morgan fingerprint density at radius 2 is 1.75 bits per heavy atom. The molecule has 1 aromatic rings. The normalized spacial score (nSPS) is 12.3. The number of aliphatic carboxylic acids is 1. The van der Waals surface area contributed by atoms with Gasteiger partial charge in [-0.25, -0.2) is 5.48 Å². The van der Waals surface area contributed by atoms with E-state index in [0.29, 0.717) is 19.4 Å². The van der Waals surface area contributed by atoms with Crippen LogP contribution in [0, 0.1) is 0 Å². The summed E-state index contributed by atoms with van der Waals surface area (Å²) in [5.74, 6) is -0.885. The third-order valence-corrected chi connectivity index (χ3v) is 4.49. The Hall–Kier alpha value is -1.98. The minimum atomic E-state index is -0.797. The molecular weight excluding hydrogens is 354 g/mol. The number of hydrogen-bond donors (Lipinski definition) is 2. The van der Waals surface area contributed by atoms with Gasteiger partial charge in [0.25, 0.3) is 0 Å². The van der Waals surface area contributed by atoms with Gasteiger partial charge in [-0.05, 0) is 37.3 Å². The fraction of sp³-hybridized carbons (Fsp3) is 0.565. The zero-order chi connectivity index (χ0) is 20.5. The number of carbonyl (C=O) groups is 2. The molecule has 0 heterocycles. The zero-order valence-corrected chi connectivity index (χ0v) is 17.1. The van der Waals surface area contributed by atoms with Crippen LogP contribution in [0.1, 0.15) is 82.8 Å². The van der Waals surface area contributed by atoms with E-state index in [1.807, 2.05) is 36.4 Å². The number of hydroxylamine groups is 1. The van der Waals surface area contributed by atoms with Crippen molar-refractivity contribution in [3.05, 3.63) is 48.0 Å². The van der Waals surface area contributed by atoms with Gasteiger partial charge in [0, 0.05) is 13.0 Å². The quantitative estimate of drug-likeness (QED) is 0.212. The van der Waals surface area contributed by atoms with Crippen molar-refractivity contribution in [2.24, 2.45) is 0 Å². The molecule has 156 valence electrons. The van der Waals surface area contributed by atoms with Crippen LogP contribution in [0.15, 0.2) is 42.5 Å². The van der Waals surface area contributed by atoms with Crippen molar-refractivity contribution in [3.63, 3.8) is 0 Å². The van der Waals surface area contributed by atoms with E-state index in [-0.39, 0.29) is 12.2 Å². The summed E-state index contributed by atoms with van der Waals surface area (Å²) < 4.78 is 0. The van der Waals surface area contributed by atoms with Gasteiger partial charge in [0.05, 0.1) is 0 Å². The molecule has 0 saturated heterocycles. The molecule has 0 aliphatic rings. The molecule has 1 aromatic carbocycles. The van der Waals surface area contributed by atoms with Gasteiger partial charge in [-0.1, -0.05) is 75.4 Å². The first-order valence-corrected chi connectivity index (χ1v) is 10.5. The Kier molecular flexibility index (Phi) is 13.8. The van der Waals surface area contributed by atoms with Gasteiger partial charge in [-0.3, -0.25) is 14.4 Å². The zero-order valence-electron chi connectivity index (χ0n) is 17.1. The molecule has 5 nitrogen and oxygen atoms in total. The number of hydrogen-bond acceptors (Lipinski definition) is 4. The Morgan fingerprint density at radius 3 is 2.46 bits per heavy atom. The molecular formula is C23H35NO4. The Bertz CT molecular complexity index is 571. The monoisotopic (exact) mass is 389 g/mol. The maximum Gasteiger partial charge on any atom is 0.303 e. The molecule has 0 aliphatic carbocycles. The maximum absolute atomic E-state index is 12.6. The summed E-state index contributed by atoms with van der Waals surface area (Å²) in [4.78, 5) is 28.7. The summed E-state index contributed by atoms with van der Waals surface area (Å²) >= 11 is 0. The summed E-state index contributed by atoms with van der Waals surface area (Å²) in [5.41, 5.74) is 3.62. The molecule has 1 unspecified atom stereocenters. The van der Waals surface area contributed by atoms with Crippen LogP contribution in [0.2, 0.25) is 0 Å². The molecule has 0 spiro atoms. The first-order valence-electron chi connectivity index (χ1n) is 10.5. The number of benzene rings is 1. The summed E-state index contributed by atoms with van der Waals surface area (Å²) in [5, 5.41) is 8.65. The minimum Gasteiger partial charge on any atom is -0.481 e. The van der Waals surface area contributed by atoms with E-state index in [0.717, 1.165) is 18.4 Å². The fourth-order valence-corrected chi connectivity index (χ4v) is 2.86. The van der Waals surface area contributed by atoms with Gasteiger partial charge < -0.3 is 5.11 Å². The smallest absolute Gasteiger partial charge is 0.303 e. The second kappa shape index (κ2) is 16.0. The van der Waals surface area contributed by atoms with E-state index < -0.39 is 12.1 Å². The standard InChI is InChI=1S/C23H35NO4/c1-2-3-4-5-6-7-8-12-17-21(25)23(20-15-10-9-11-16-20)28-24-19-14-13-18-22(26)27/h9-12,15-17,23-24H,2-8,13-14,18-19H2,1H3,(H,26,27). The van der Waals surface area contributed by atoms with Crippen molar-refractivity contribution in [3.8, 4) is 0 Å². The van der Waals surface area contributed by atoms with Crippen LogP contribution in [0.3, 0.4) is 0 Å². The van der Waals surface area contributed by atoms with Crippen LogP contribution < -0.4 is 5.48 Å². The first kappa shape index (κ1) is 24.1. The predicted molar refractivity (Wildman–Crippen MR) is 112 cm³/mol. The van der Waals surface area contributed by atoms with E-state index >= 15 is 0 Å². The molecule has 0 aromatic heterocycles.